The maximum absolute atomic E-state index is 12.5. The Bertz CT molecular complexity index is 445. The van der Waals surface area contributed by atoms with Crippen molar-refractivity contribution in [3.63, 3.8) is 0 Å². The van der Waals surface area contributed by atoms with Gasteiger partial charge >= 0.3 is 6.18 Å². The van der Waals surface area contributed by atoms with Gasteiger partial charge in [0.1, 0.15) is 0 Å². The zero-order valence-corrected chi connectivity index (χ0v) is 10.7. The molecule has 1 N–H and O–H groups in total. The second kappa shape index (κ2) is 5.61. The van der Waals surface area contributed by atoms with E-state index in [2.05, 4.69) is 5.32 Å². The van der Waals surface area contributed by atoms with Crippen LogP contribution in [0.3, 0.4) is 0 Å². The summed E-state index contributed by atoms with van der Waals surface area (Å²) in [5.41, 5.74) is -0.0631. The van der Waals surface area contributed by atoms with E-state index in [-0.39, 0.29) is 11.6 Å². The van der Waals surface area contributed by atoms with Gasteiger partial charge in [-0.3, -0.25) is 4.79 Å². The number of aryl methyl sites for hydroxylation is 1. The highest BCUT2D eigenvalue weighted by molar-refractivity contribution is 6.19. The lowest BCUT2D eigenvalue weighted by molar-refractivity contribution is -0.137. The van der Waals surface area contributed by atoms with E-state index in [9.17, 15) is 18.0 Å². The number of halogens is 4. The lowest BCUT2D eigenvalue weighted by Crippen LogP contribution is -2.22. The molecule has 0 spiro atoms. The van der Waals surface area contributed by atoms with Crippen LogP contribution in [0.1, 0.15) is 18.1 Å². The average Bonchev–Trinajstić information content (AvgIpc) is 2.29. The first-order chi connectivity index (χ1) is 8.25. The fraction of sp³-hybridized carbons (Fsp3) is 0.417. The van der Waals surface area contributed by atoms with E-state index in [1.54, 1.807) is 13.8 Å². The smallest absolute Gasteiger partial charge is 0.326 e. The molecule has 0 fully saturated rings. The number of amides is 1. The first-order valence-corrected chi connectivity index (χ1v) is 5.84. The van der Waals surface area contributed by atoms with Gasteiger partial charge in [0.15, 0.2) is 0 Å². The number of nitrogens with one attached hydrogen (secondary N) is 1. The van der Waals surface area contributed by atoms with Crippen molar-refractivity contribution >= 4 is 23.2 Å². The van der Waals surface area contributed by atoms with Gasteiger partial charge < -0.3 is 5.32 Å². The Balaban J connectivity index is 2.99. The first kappa shape index (κ1) is 14.8. The van der Waals surface area contributed by atoms with E-state index in [4.69, 9.17) is 11.6 Å². The minimum atomic E-state index is -4.43. The van der Waals surface area contributed by atoms with E-state index >= 15 is 0 Å². The quantitative estimate of drug-likeness (QED) is 0.837. The van der Waals surface area contributed by atoms with Crippen LogP contribution < -0.4 is 5.32 Å². The first-order valence-electron chi connectivity index (χ1n) is 5.30. The van der Waals surface area contributed by atoms with Crippen molar-refractivity contribution < 1.29 is 18.0 Å². The maximum atomic E-state index is 12.5. The minimum absolute atomic E-state index is 0.115. The van der Waals surface area contributed by atoms with E-state index in [0.717, 1.165) is 12.1 Å². The summed E-state index contributed by atoms with van der Waals surface area (Å²) in [5, 5.41) is 2.45. The predicted octanol–water partition coefficient (Wildman–Crippen LogP) is 3.83. The van der Waals surface area contributed by atoms with Gasteiger partial charge in [-0.15, -0.1) is 11.6 Å². The van der Waals surface area contributed by atoms with E-state index < -0.39 is 23.6 Å². The van der Waals surface area contributed by atoms with Gasteiger partial charge in [-0.05, 0) is 24.6 Å². The summed E-state index contributed by atoms with van der Waals surface area (Å²) in [7, 11) is 0. The molecule has 0 radical (unpaired) electrons. The number of hydrogen-bond donors (Lipinski definition) is 1. The maximum Gasteiger partial charge on any atom is 0.416 e. The number of carbonyl (C=O) groups excluding carboxylic acids is 1. The van der Waals surface area contributed by atoms with Crippen LogP contribution in [0.5, 0.6) is 0 Å². The van der Waals surface area contributed by atoms with Crippen LogP contribution in [-0.4, -0.2) is 11.8 Å². The van der Waals surface area contributed by atoms with Gasteiger partial charge in [0.2, 0.25) is 5.91 Å². The monoisotopic (exact) mass is 279 g/mol. The number of anilines is 1. The third-order valence-corrected chi connectivity index (χ3v) is 2.96. The molecule has 1 unspecified atom stereocenters. The summed E-state index contributed by atoms with van der Waals surface area (Å²) < 4.78 is 37.6. The van der Waals surface area contributed by atoms with Crippen molar-refractivity contribution in [3.05, 3.63) is 29.3 Å². The Morgan fingerprint density at radius 1 is 1.44 bits per heavy atom. The van der Waals surface area contributed by atoms with Crippen LogP contribution in [0.2, 0.25) is 0 Å². The van der Waals surface area contributed by atoms with E-state index in [0.29, 0.717) is 5.56 Å². The molecule has 6 heteroatoms. The van der Waals surface area contributed by atoms with Crippen LogP contribution in [0.25, 0.3) is 0 Å². The summed E-state index contributed by atoms with van der Waals surface area (Å²) in [4.78, 5) is 11.6. The Morgan fingerprint density at radius 3 is 2.56 bits per heavy atom. The van der Waals surface area contributed by atoms with Gasteiger partial charge in [0.05, 0.1) is 5.56 Å². The SMILES string of the molecule is Cc1ccc(C(F)(F)F)cc1NC(=O)C(C)CCl. The second-order valence-corrected chi connectivity index (χ2v) is 4.38. The molecule has 1 amide bonds. The summed E-state index contributed by atoms with van der Waals surface area (Å²) in [5.74, 6) is -0.739. The van der Waals surface area contributed by atoms with Crippen LogP contribution in [0.4, 0.5) is 18.9 Å². The van der Waals surface area contributed by atoms with Crippen LogP contribution in [0.15, 0.2) is 18.2 Å². The number of hydrogen-bond acceptors (Lipinski definition) is 1. The molecular formula is C12H13ClF3NO. The second-order valence-electron chi connectivity index (χ2n) is 4.07. The molecule has 0 aliphatic heterocycles. The molecule has 0 bridgehead atoms. The molecular weight excluding hydrogens is 267 g/mol. The molecule has 0 aromatic heterocycles. The normalized spacial score (nSPS) is 13.2. The highest BCUT2D eigenvalue weighted by Gasteiger charge is 2.31. The van der Waals surface area contributed by atoms with Crippen LogP contribution >= 0.6 is 11.6 Å². The summed E-state index contributed by atoms with van der Waals surface area (Å²) >= 11 is 5.52. The van der Waals surface area contributed by atoms with E-state index in [1.165, 1.54) is 6.07 Å². The number of benzene rings is 1. The number of alkyl halides is 4. The molecule has 2 nitrogen and oxygen atoms in total. The summed E-state index contributed by atoms with van der Waals surface area (Å²) in [6, 6.07) is 3.23. The predicted molar refractivity (Wildman–Crippen MR) is 64.7 cm³/mol. The number of carbonyl (C=O) groups is 1. The summed E-state index contributed by atoms with van der Waals surface area (Å²) in [6.45, 7) is 3.23. The van der Waals surface area contributed by atoms with Crippen LogP contribution in [0, 0.1) is 12.8 Å². The van der Waals surface area contributed by atoms with Crippen molar-refractivity contribution in [1.29, 1.82) is 0 Å². The van der Waals surface area contributed by atoms with Crippen LogP contribution in [-0.2, 0) is 11.0 Å². The third-order valence-electron chi connectivity index (χ3n) is 2.50. The van der Waals surface area contributed by atoms with Crippen molar-refractivity contribution in [2.45, 2.75) is 20.0 Å². The standard InChI is InChI=1S/C12H13ClF3NO/c1-7-3-4-9(12(14,15)16)5-10(7)17-11(18)8(2)6-13/h3-5,8H,6H2,1-2H3,(H,17,18). The van der Waals surface area contributed by atoms with Crippen molar-refractivity contribution in [2.24, 2.45) is 5.92 Å². The zero-order chi connectivity index (χ0) is 13.9. The Morgan fingerprint density at radius 2 is 2.06 bits per heavy atom. The Labute approximate surface area is 108 Å². The van der Waals surface area contributed by atoms with Gasteiger partial charge in [0, 0.05) is 17.5 Å². The van der Waals surface area contributed by atoms with Gasteiger partial charge in [-0.1, -0.05) is 13.0 Å². The molecule has 1 atom stereocenters. The molecule has 0 heterocycles. The molecule has 1 aromatic carbocycles. The molecule has 100 valence electrons. The highest BCUT2D eigenvalue weighted by atomic mass is 35.5. The lowest BCUT2D eigenvalue weighted by Gasteiger charge is -2.14. The summed E-state index contributed by atoms with van der Waals surface area (Å²) in [6.07, 6.45) is -4.43. The molecule has 0 aliphatic carbocycles. The van der Waals surface area contributed by atoms with E-state index in [1.807, 2.05) is 0 Å². The molecule has 1 rings (SSSR count). The Kier molecular flexibility index (Phi) is 4.62. The highest BCUT2D eigenvalue weighted by Crippen LogP contribution is 2.32. The van der Waals surface area contributed by atoms with Gasteiger partial charge in [-0.25, -0.2) is 0 Å². The molecule has 0 aliphatic rings. The molecule has 0 saturated heterocycles. The number of rotatable bonds is 3. The lowest BCUT2D eigenvalue weighted by atomic mass is 10.1. The topological polar surface area (TPSA) is 29.1 Å². The largest absolute Gasteiger partial charge is 0.416 e. The fourth-order valence-corrected chi connectivity index (χ4v) is 1.40. The molecule has 0 saturated carbocycles. The average molecular weight is 280 g/mol. The molecule has 18 heavy (non-hydrogen) atoms. The fourth-order valence-electron chi connectivity index (χ4n) is 1.26. The molecule has 1 aromatic rings. The van der Waals surface area contributed by atoms with Gasteiger partial charge in [0.25, 0.3) is 0 Å². The Hall–Kier alpha value is -1.23. The minimum Gasteiger partial charge on any atom is -0.326 e. The van der Waals surface area contributed by atoms with Crippen molar-refractivity contribution in [3.8, 4) is 0 Å². The van der Waals surface area contributed by atoms with Crippen molar-refractivity contribution in [2.75, 3.05) is 11.2 Å². The third kappa shape index (κ3) is 3.63. The van der Waals surface area contributed by atoms with Crippen molar-refractivity contribution in [1.82, 2.24) is 0 Å². The van der Waals surface area contributed by atoms with Gasteiger partial charge in [-0.2, -0.15) is 13.2 Å². The zero-order valence-electron chi connectivity index (χ0n) is 9.94.